The van der Waals surface area contributed by atoms with Gasteiger partial charge in [0.2, 0.25) is 11.8 Å². The van der Waals surface area contributed by atoms with E-state index in [1.165, 1.54) is 31.4 Å². The molecule has 0 bridgehead atoms. The smallest absolute Gasteiger partial charge is 0.335 e. The first-order valence-corrected chi connectivity index (χ1v) is 14.2. The summed E-state index contributed by atoms with van der Waals surface area (Å²) in [5, 5.41) is 15.5. The molecule has 0 aromatic heterocycles. The first-order chi connectivity index (χ1) is 21.0. The SMILES string of the molecule is COc1cc(C(=O)O)cc(N)c1NC/C=C/CNc1c(N)cc(C(N)=O)cc1OCC#CCN1CCN(C(=O)C(C)C)CC1. The second kappa shape index (κ2) is 15.9. The van der Waals surface area contributed by atoms with Gasteiger partial charge in [0.05, 0.1) is 30.6 Å². The lowest BCUT2D eigenvalue weighted by atomic mass is 10.1. The van der Waals surface area contributed by atoms with Crippen LogP contribution in [0.4, 0.5) is 22.7 Å². The van der Waals surface area contributed by atoms with Crippen molar-refractivity contribution < 1.29 is 29.0 Å². The first kappa shape index (κ1) is 33.4. The number of nitrogens with two attached hydrogens (primary N) is 3. The fraction of sp³-hybridized carbons (Fsp3) is 0.387. The van der Waals surface area contributed by atoms with Crippen molar-refractivity contribution in [3.8, 4) is 23.3 Å². The van der Waals surface area contributed by atoms with E-state index in [1.807, 2.05) is 30.9 Å². The van der Waals surface area contributed by atoms with Gasteiger partial charge in [0.25, 0.3) is 0 Å². The standard InChI is InChI=1S/C31H41N7O6/c1-20(2)30(40)38-13-11-37(12-14-38)10-6-7-15-44-26-18-21(29(34)39)16-23(32)28(26)36-9-5-4-8-35-27-24(33)17-22(31(41)42)19-25(27)43-3/h4-5,16-20,35-36H,8-15,32-33H2,1-3H3,(H2,34,39)(H,41,42)/b5-4+. The van der Waals surface area contributed by atoms with E-state index in [2.05, 4.69) is 27.4 Å². The Morgan fingerprint density at radius 1 is 0.932 bits per heavy atom. The molecule has 0 radical (unpaired) electrons. The molecule has 1 heterocycles. The number of aromatic carboxylic acids is 1. The van der Waals surface area contributed by atoms with Crippen LogP contribution in [-0.2, 0) is 4.79 Å². The molecule has 1 aliphatic rings. The monoisotopic (exact) mass is 607 g/mol. The summed E-state index contributed by atoms with van der Waals surface area (Å²) < 4.78 is 11.1. The molecule has 13 heteroatoms. The van der Waals surface area contributed by atoms with Crippen LogP contribution in [0.3, 0.4) is 0 Å². The van der Waals surface area contributed by atoms with Gasteiger partial charge in [-0.25, -0.2) is 4.79 Å². The maximum atomic E-state index is 12.2. The van der Waals surface area contributed by atoms with E-state index >= 15 is 0 Å². The average molecular weight is 608 g/mol. The Kier molecular flexibility index (Phi) is 12.1. The third-order valence-electron chi connectivity index (χ3n) is 6.88. The van der Waals surface area contributed by atoms with Crippen LogP contribution in [0.25, 0.3) is 0 Å². The lowest BCUT2D eigenvalue weighted by Crippen LogP contribution is -2.49. The van der Waals surface area contributed by atoms with Gasteiger partial charge in [-0.05, 0) is 24.3 Å². The molecule has 1 fully saturated rings. The molecule has 9 N–H and O–H groups in total. The number of hydrogen-bond acceptors (Lipinski definition) is 10. The molecule has 3 rings (SSSR count). The number of carbonyl (C=O) groups excluding carboxylic acids is 2. The van der Waals surface area contributed by atoms with Crippen molar-refractivity contribution in [1.29, 1.82) is 0 Å². The Balaban J connectivity index is 1.55. The summed E-state index contributed by atoms with van der Waals surface area (Å²) in [6.45, 7) is 8.12. The van der Waals surface area contributed by atoms with E-state index in [0.29, 0.717) is 61.3 Å². The highest BCUT2D eigenvalue weighted by Gasteiger charge is 2.22. The van der Waals surface area contributed by atoms with Crippen LogP contribution in [0.1, 0.15) is 34.6 Å². The Morgan fingerprint density at radius 2 is 1.50 bits per heavy atom. The molecular weight excluding hydrogens is 566 g/mol. The van der Waals surface area contributed by atoms with Crippen LogP contribution in [0.2, 0.25) is 0 Å². The topological polar surface area (TPSA) is 198 Å². The van der Waals surface area contributed by atoms with Gasteiger partial charge < -0.3 is 47.3 Å². The summed E-state index contributed by atoms with van der Waals surface area (Å²) in [6, 6.07) is 5.76. The second-order valence-corrected chi connectivity index (χ2v) is 10.4. The summed E-state index contributed by atoms with van der Waals surface area (Å²) in [6.07, 6.45) is 3.69. The number of piperazine rings is 1. The van der Waals surface area contributed by atoms with Crippen LogP contribution in [-0.4, -0.2) is 92.2 Å². The number of benzene rings is 2. The van der Waals surface area contributed by atoms with E-state index in [-0.39, 0.29) is 35.2 Å². The minimum atomic E-state index is -1.10. The molecule has 0 atom stereocenters. The largest absolute Gasteiger partial charge is 0.494 e. The van der Waals surface area contributed by atoms with Crippen molar-refractivity contribution in [3.05, 3.63) is 47.5 Å². The lowest BCUT2D eigenvalue weighted by molar-refractivity contribution is -0.136. The summed E-state index contributed by atoms with van der Waals surface area (Å²) in [4.78, 5) is 39.3. The normalized spacial score (nSPS) is 13.3. The number of methoxy groups -OCH3 is 1. The Morgan fingerprint density at radius 3 is 2.05 bits per heavy atom. The number of carbonyl (C=O) groups is 3. The molecule has 0 saturated carbocycles. The molecule has 2 aromatic carbocycles. The highest BCUT2D eigenvalue weighted by molar-refractivity contribution is 5.96. The number of nitrogens with zero attached hydrogens (tertiary/aromatic N) is 2. The van der Waals surface area contributed by atoms with Crippen LogP contribution in [0, 0.1) is 17.8 Å². The summed E-state index contributed by atoms with van der Waals surface area (Å²) in [5.41, 5.74) is 19.5. The second-order valence-electron chi connectivity index (χ2n) is 10.4. The van der Waals surface area contributed by atoms with Crippen LogP contribution in [0.5, 0.6) is 11.5 Å². The quantitative estimate of drug-likeness (QED) is 0.110. The molecule has 2 aromatic rings. The zero-order chi connectivity index (χ0) is 32.2. The summed E-state index contributed by atoms with van der Waals surface area (Å²) in [7, 11) is 1.44. The predicted octanol–water partition coefficient (Wildman–Crippen LogP) is 1.92. The van der Waals surface area contributed by atoms with Gasteiger partial charge in [-0.1, -0.05) is 37.8 Å². The van der Waals surface area contributed by atoms with Crippen molar-refractivity contribution in [2.75, 3.05) is 81.6 Å². The Labute approximate surface area is 257 Å². The van der Waals surface area contributed by atoms with Crippen molar-refractivity contribution in [3.63, 3.8) is 0 Å². The van der Waals surface area contributed by atoms with E-state index in [0.717, 1.165) is 13.1 Å². The van der Waals surface area contributed by atoms with E-state index in [1.54, 1.807) is 0 Å². The molecule has 2 amide bonds. The summed E-state index contributed by atoms with van der Waals surface area (Å²) in [5.74, 6) is 5.20. The zero-order valence-corrected chi connectivity index (χ0v) is 25.3. The molecule has 13 nitrogen and oxygen atoms in total. The number of amides is 2. The number of nitrogen functional groups attached to an aromatic ring is 2. The van der Waals surface area contributed by atoms with Gasteiger partial charge >= 0.3 is 5.97 Å². The number of anilines is 4. The van der Waals surface area contributed by atoms with E-state index in [9.17, 15) is 19.5 Å². The molecule has 0 aliphatic carbocycles. The first-order valence-electron chi connectivity index (χ1n) is 14.2. The lowest BCUT2D eigenvalue weighted by Gasteiger charge is -2.34. The van der Waals surface area contributed by atoms with E-state index in [4.69, 9.17) is 26.7 Å². The van der Waals surface area contributed by atoms with Crippen molar-refractivity contribution in [2.24, 2.45) is 11.7 Å². The number of ether oxygens (including phenoxy) is 2. The number of nitrogens with one attached hydrogen (secondary N) is 2. The van der Waals surface area contributed by atoms with Gasteiger partial charge in [-0.2, -0.15) is 0 Å². The Bertz CT molecular complexity index is 1440. The maximum absolute atomic E-state index is 12.2. The zero-order valence-electron chi connectivity index (χ0n) is 25.3. The van der Waals surface area contributed by atoms with Gasteiger partial charge in [0.15, 0.2) is 0 Å². The number of rotatable bonds is 13. The molecule has 0 unspecified atom stereocenters. The van der Waals surface area contributed by atoms with E-state index < -0.39 is 11.9 Å². The van der Waals surface area contributed by atoms with Gasteiger partial charge in [-0.3, -0.25) is 14.5 Å². The van der Waals surface area contributed by atoms with Crippen molar-refractivity contribution >= 4 is 40.5 Å². The van der Waals surface area contributed by atoms with Crippen molar-refractivity contribution in [1.82, 2.24) is 9.80 Å². The van der Waals surface area contributed by atoms with Crippen LogP contribution in [0.15, 0.2) is 36.4 Å². The number of carboxylic acids is 1. The number of carboxylic acid groups (broad SMARTS) is 1. The van der Waals surface area contributed by atoms with Crippen molar-refractivity contribution in [2.45, 2.75) is 13.8 Å². The molecule has 44 heavy (non-hydrogen) atoms. The summed E-state index contributed by atoms with van der Waals surface area (Å²) >= 11 is 0. The average Bonchev–Trinajstić information content (AvgIpc) is 2.99. The fourth-order valence-electron chi connectivity index (χ4n) is 4.51. The molecule has 236 valence electrons. The molecular formula is C31H41N7O6. The Hall–Kier alpha value is -5.09. The minimum Gasteiger partial charge on any atom is -0.494 e. The molecule has 1 aliphatic heterocycles. The highest BCUT2D eigenvalue weighted by atomic mass is 16.5. The fourth-order valence-corrected chi connectivity index (χ4v) is 4.51. The van der Waals surface area contributed by atoms with Gasteiger partial charge in [0, 0.05) is 50.7 Å². The molecule has 0 spiro atoms. The van der Waals surface area contributed by atoms with Crippen LogP contribution >= 0.6 is 0 Å². The maximum Gasteiger partial charge on any atom is 0.335 e. The third-order valence-corrected chi connectivity index (χ3v) is 6.88. The molecule has 1 saturated heterocycles. The third kappa shape index (κ3) is 9.20. The number of hydrogen-bond donors (Lipinski definition) is 6. The van der Waals surface area contributed by atoms with Gasteiger partial charge in [-0.15, -0.1) is 0 Å². The van der Waals surface area contributed by atoms with Gasteiger partial charge in [0.1, 0.15) is 29.5 Å². The van der Waals surface area contributed by atoms with Crippen LogP contribution < -0.4 is 37.3 Å². The predicted molar refractivity (Wildman–Crippen MR) is 171 cm³/mol. The number of primary amides is 1. The highest BCUT2D eigenvalue weighted by Crippen LogP contribution is 2.33. The minimum absolute atomic E-state index is 0.00525.